The summed E-state index contributed by atoms with van der Waals surface area (Å²) >= 11 is 0. The second-order valence-electron chi connectivity index (χ2n) is 8.05. The van der Waals surface area contributed by atoms with Gasteiger partial charge in [-0.2, -0.15) is 13.2 Å². The van der Waals surface area contributed by atoms with Crippen molar-refractivity contribution < 1.29 is 23.1 Å². The van der Waals surface area contributed by atoms with Crippen LogP contribution in [-0.4, -0.2) is 65.0 Å². The molecule has 1 aromatic heterocycles. The van der Waals surface area contributed by atoms with E-state index in [0.717, 1.165) is 36.3 Å². The van der Waals surface area contributed by atoms with Crippen LogP contribution in [0.4, 0.5) is 19.0 Å². The first-order valence-electron chi connectivity index (χ1n) is 10.8. The predicted molar refractivity (Wildman–Crippen MR) is 121 cm³/mol. The number of anilines is 1. The third-order valence-electron chi connectivity index (χ3n) is 5.60. The fourth-order valence-electron chi connectivity index (χ4n) is 3.88. The van der Waals surface area contributed by atoms with Gasteiger partial charge >= 0.3 is 6.18 Å². The minimum absolute atomic E-state index is 0.157. The van der Waals surface area contributed by atoms with E-state index in [1.807, 2.05) is 35.2 Å². The fourth-order valence-corrected chi connectivity index (χ4v) is 3.88. The summed E-state index contributed by atoms with van der Waals surface area (Å²) < 4.78 is 36.8. The van der Waals surface area contributed by atoms with Crippen LogP contribution in [0.1, 0.15) is 16.1 Å². The number of aromatic nitrogens is 2. The summed E-state index contributed by atoms with van der Waals surface area (Å²) in [5, 5.41) is 19.4. The Morgan fingerprint density at radius 1 is 0.971 bits per heavy atom. The smallest absolute Gasteiger partial charge is 0.405 e. The second-order valence-corrected chi connectivity index (χ2v) is 8.05. The van der Waals surface area contributed by atoms with Gasteiger partial charge in [0.15, 0.2) is 11.5 Å². The molecule has 1 saturated heterocycles. The van der Waals surface area contributed by atoms with Crippen LogP contribution in [0, 0.1) is 0 Å². The van der Waals surface area contributed by atoms with E-state index in [1.54, 1.807) is 23.5 Å². The summed E-state index contributed by atoms with van der Waals surface area (Å²) in [4.78, 5) is 16.2. The van der Waals surface area contributed by atoms with Crippen molar-refractivity contribution in [2.45, 2.75) is 12.7 Å². The molecule has 34 heavy (non-hydrogen) atoms. The molecule has 1 amide bonds. The molecule has 0 atom stereocenters. The van der Waals surface area contributed by atoms with Gasteiger partial charge in [-0.25, -0.2) is 0 Å². The Labute approximate surface area is 194 Å². The second kappa shape index (κ2) is 10.1. The molecular weight excluding hydrogens is 447 g/mol. The molecule has 2 heterocycles. The molecule has 4 rings (SSSR count). The van der Waals surface area contributed by atoms with E-state index in [0.29, 0.717) is 18.9 Å². The lowest BCUT2D eigenvalue weighted by Crippen LogP contribution is -2.46. The SMILES string of the molecule is O=C(NCC(F)(F)F)c1ccc(N2CCN(Cc3ccccc3-c3cccc(O)c3)CC2)nn1. The van der Waals surface area contributed by atoms with Gasteiger partial charge in [-0.1, -0.05) is 36.4 Å². The van der Waals surface area contributed by atoms with Crippen molar-refractivity contribution >= 4 is 11.7 Å². The van der Waals surface area contributed by atoms with Gasteiger partial charge in [0.05, 0.1) is 0 Å². The molecule has 178 valence electrons. The molecule has 1 aliphatic heterocycles. The largest absolute Gasteiger partial charge is 0.508 e. The number of nitrogens with zero attached hydrogens (tertiary/aromatic N) is 4. The lowest BCUT2D eigenvalue weighted by atomic mass is 9.99. The highest BCUT2D eigenvalue weighted by Gasteiger charge is 2.28. The van der Waals surface area contributed by atoms with Crippen molar-refractivity contribution in [2.24, 2.45) is 0 Å². The van der Waals surface area contributed by atoms with E-state index in [9.17, 15) is 23.1 Å². The lowest BCUT2D eigenvalue weighted by molar-refractivity contribution is -0.123. The molecule has 0 saturated carbocycles. The summed E-state index contributed by atoms with van der Waals surface area (Å²) in [6.07, 6.45) is -4.48. The minimum atomic E-state index is -4.48. The number of aromatic hydroxyl groups is 1. The fraction of sp³-hybridized carbons (Fsp3) is 0.292. The molecule has 2 N–H and O–H groups in total. The maximum atomic E-state index is 12.3. The highest BCUT2D eigenvalue weighted by molar-refractivity contribution is 5.92. The van der Waals surface area contributed by atoms with Gasteiger partial charge in [0.2, 0.25) is 0 Å². The zero-order chi connectivity index (χ0) is 24.1. The molecule has 0 radical (unpaired) electrons. The van der Waals surface area contributed by atoms with Crippen LogP contribution in [0.5, 0.6) is 5.75 Å². The number of benzene rings is 2. The third-order valence-corrected chi connectivity index (χ3v) is 5.60. The topological polar surface area (TPSA) is 81.6 Å². The van der Waals surface area contributed by atoms with Gasteiger partial charge in [-0.3, -0.25) is 9.69 Å². The predicted octanol–water partition coefficient (Wildman–Crippen LogP) is 3.46. The Balaban J connectivity index is 1.34. The maximum absolute atomic E-state index is 12.3. The Kier molecular flexibility index (Phi) is 6.97. The number of piperazine rings is 1. The van der Waals surface area contributed by atoms with Crippen LogP contribution in [0.2, 0.25) is 0 Å². The van der Waals surface area contributed by atoms with Gasteiger partial charge in [-0.05, 0) is 41.0 Å². The van der Waals surface area contributed by atoms with Crippen LogP contribution < -0.4 is 10.2 Å². The van der Waals surface area contributed by atoms with E-state index < -0.39 is 18.6 Å². The van der Waals surface area contributed by atoms with Crippen molar-refractivity contribution in [2.75, 3.05) is 37.6 Å². The average molecular weight is 471 g/mol. The van der Waals surface area contributed by atoms with Crippen molar-refractivity contribution in [3.05, 3.63) is 71.9 Å². The molecule has 1 fully saturated rings. The Morgan fingerprint density at radius 3 is 2.41 bits per heavy atom. The molecule has 0 spiro atoms. The third kappa shape index (κ3) is 6.02. The zero-order valence-electron chi connectivity index (χ0n) is 18.3. The van der Waals surface area contributed by atoms with Gasteiger partial charge in [0, 0.05) is 32.7 Å². The molecule has 0 unspecified atom stereocenters. The number of phenols is 1. The summed E-state index contributed by atoms with van der Waals surface area (Å²) in [5.74, 6) is -0.107. The first-order chi connectivity index (χ1) is 16.3. The van der Waals surface area contributed by atoms with Crippen LogP contribution in [0.25, 0.3) is 11.1 Å². The van der Waals surface area contributed by atoms with Crippen LogP contribution in [-0.2, 0) is 6.54 Å². The van der Waals surface area contributed by atoms with E-state index in [2.05, 4.69) is 21.2 Å². The van der Waals surface area contributed by atoms with Crippen LogP contribution in [0.3, 0.4) is 0 Å². The van der Waals surface area contributed by atoms with E-state index >= 15 is 0 Å². The first kappa shape index (κ1) is 23.5. The summed E-state index contributed by atoms with van der Waals surface area (Å²) in [5.41, 5.74) is 3.04. The van der Waals surface area contributed by atoms with Crippen LogP contribution in [0.15, 0.2) is 60.7 Å². The van der Waals surface area contributed by atoms with E-state index in [1.165, 1.54) is 6.07 Å². The Morgan fingerprint density at radius 2 is 1.74 bits per heavy atom. The highest BCUT2D eigenvalue weighted by atomic mass is 19.4. The number of amides is 1. The number of phenolic OH excluding ortho intramolecular Hbond substituents is 1. The minimum Gasteiger partial charge on any atom is -0.508 e. The molecule has 3 aromatic rings. The van der Waals surface area contributed by atoms with Crippen molar-refractivity contribution in [3.8, 4) is 16.9 Å². The number of nitrogens with one attached hydrogen (secondary N) is 1. The number of alkyl halides is 3. The molecular formula is C24H24F3N5O2. The molecule has 0 bridgehead atoms. The van der Waals surface area contributed by atoms with Crippen LogP contribution >= 0.6 is 0 Å². The monoisotopic (exact) mass is 471 g/mol. The van der Waals surface area contributed by atoms with Gasteiger partial charge in [0.25, 0.3) is 5.91 Å². The Hall–Kier alpha value is -3.66. The molecule has 2 aromatic carbocycles. The van der Waals surface area contributed by atoms with Gasteiger partial charge < -0.3 is 15.3 Å². The van der Waals surface area contributed by atoms with Crippen molar-refractivity contribution in [3.63, 3.8) is 0 Å². The van der Waals surface area contributed by atoms with Crippen molar-refractivity contribution in [1.82, 2.24) is 20.4 Å². The van der Waals surface area contributed by atoms with Gasteiger partial charge in [0.1, 0.15) is 12.3 Å². The zero-order valence-corrected chi connectivity index (χ0v) is 18.3. The quantitative estimate of drug-likeness (QED) is 0.573. The van der Waals surface area contributed by atoms with Gasteiger partial charge in [-0.15, -0.1) is 10.2 Å². The summed E-state index contributed by atoms with van der Waals surface area (Å²) in [6, 6.07) is 18.3. The molecule has 0 aliphatic carbocycles. The first-order valence-corrected chi connectivity index (χ1v) is 10.8. The maximum Gasteiger partial charge on any atom is 0.405 e. The van der Waals surface area contributed by atoms with E-state index in [4.69, 9.17) is 0 Å². The van der Waals surface area contributed by atoms with Crippen molar-refractivity contribution in [1.29, 1.82) is 0 Å². The standard InChI is InChI=1S/C24H24F3N5O2/c25-24(26,27)16-28-23(34)21-8-9-22(30-29-21)32-12-10-31(11-13-32)15-18-4-1-2-7-20(18)17-5-3-6-19(33)14-17/h1-9,14,33H,10-13,15-16H2,(H,28,34). The number of hydrogen-bond acceptors (Lipinski definition) is 6. The Bertz CT molecular complexity index is 1130. The lowest BCUT2D eigenvalue weighted by Gasteiger charge is -2.35. The molecule has 7 nitrogen and oxygen atoms in total. The number of rotatable bonds is 6. The summed E-state index contributed by atoms with van der Waals surface area (Å²) in [7, 11) is 0. The summed E-state index contributed by atoms with van der Waals surface area (Å²) in [6.45, 7) is 2.30. The van der Waals surface area contributed by atoms with E-state index in [-0.39, 0.29) is 11.4 Å². The molecule has 1 aliphatic rings. The normalized spacial score (nSPS) is 14.7. The number of carbonyl (C=O) groups excluding carboxylic acids is 1. The number of hydrogen-bond donors (Lipinski definition) is 2. The average Bonchev–Trinajstić information content (AvgIpc) is 2.83. The number of carbonyl (C=O) groups is 1. The highest BCUT2D eigenvalue weighted by Crippen LogP contribution is 2.28. The molecule has 10 heteroatoms. The number of halogens is 3.